The number of hydrogen-bond donors (Lipinski definition) is 3. The Hall–Kier alpha value is -2.19. The molecule has 0 unspecified atom stereocenters. The van der Waals surface area contributed by atoms with Crippen molar-refractivity contribution in [2.45, 2.75) is 120 Å². The predicted octanol–water partition coefficient (Wildman–Crippen LogP) is 10.2. The fourth-order valence-corrected chi connectivity index (χ4v) is 11.8. The smallest absolute Gasteiger partial charge is 0.287 e. The Morgan fingerprint density at radius 3 is 0.889 bits per heavy atom. The molecule has 3 aliphatic heterocycles. The Morgan fingerprint density at radius 2 is 0.694 bits per heavy atom. The number of furan rings is 3. The molecule has 16 nitrogen and oxygen atoms in total. The van der Waals surface area contributed by atoms with E-state index in [1.165, 1.54) is 64.7 Å². The van der Waals surface area contributed by atoms with Crippen molar-refractivity contribution in [3.05, 3.63) is 67.7 Å². The normalized spacial score (nSPS) is 20.7. The summed E-state index contributed by atoms with van der Waals surface area (Å²) in [5.41, 5.74) is 0.255. The number of nitriles is 1. The van der Waals surface area contributed by atoms with Gasteiger partial charge in [0.15, 0.2) is 31.3 Å². The van der Waals surface area contributed by atoms with Crippen LogP contribution >= 0.6 is 85.0 Å². The van der Waals surface area contributed by atoms with Gasteiger partial charge in [0, 0.05) is 82.4 Å². The largest absolute Gasteiger partial charge is 0.444 e. The molecule has 72 heavy (non-hydrogen) atoms. The topological polar surface area (TPSA) is 188 Å². The summed E-state index contributed by atoms with van der Waals surface area (Å²) < 4.78 is 34.2. The minimum absolute atomic E-state index is 0. The van der Waals surface area contributed by atoms with Crippen LogP contribution < -0.4 is 16.0 Å². The van der Waals surface area contributed by atoms with Gasteiger partial charge in [-0.1, -0.05) is 57.8 Å². The lowest BCUT2D eigenvalue weighted by atomic mass is 9.79. The molecule has 3 aromatic heterocycles. The summed E-state index contributed by atoms with van der Waals surface area (Å²) in [6.07, 6.45) is 18.2. The maximum absolute atomic E-state index is 12.3. The summed E-state index contributed by atoms with van der Waals surface area (Å²) >= 11 is 9.70. The van der Waals surface area contributed by atoms with Gasteiger partial charge >= 0.3 is 0 Å². The molecule has 6 heterocycles. The van der Waals surface area contributed by atoms with Crippen molar-refractivity contribution in [1.82, 2.24) is 30.7 Å². The van der Waals surface area contributed by atoms with Crippen molar-refractivity contribution in [2.75, 3.05) is 98.5 Å². The number of ether oxygens (including phenoxy) is 3. The Bertz CT molecular complexity index is 1850. The maximum Gasteiger partial charge on any atom is 0.287 e. The first-order chi connectivity index (χ1) is 33.5. The molecule has 3 saturated carbocycles. The summed E-state index contributed by atoms with van der Waals surface area (Å²) in [7, 11) is 0. The SMILES string of the molecule is CC#N.Cl.Cl.Cl.O=C(NCC1(N2CCOCC2)CCCCC1)c1ccc(Br)o1.O=C(NCC1(N2CCOCC2)CCCCC1)c1ccc(Br)o1.O=C(NCC1(N2CCOCC2)CCCCC1)c1ccc(Br)o1. The molecule has 6 fully saturated rings. The average molecular weight is 1260 g/mol. The molecule has 0 radical (unpaired) electrons. The molecule has 3 aliphatic carbocycles. The lowest BCUT2D eigenvalue weighted by Gasteiger charge is -2.48. The zero-order valence-electron chi connectivity index (χ0n) is 41.5. The predicted molar refractivity (Wildman–Crippen MR) is 294 cm³/mol. The number of rotatable bonds is 12. The van der Waals surface area contributed by atoms with Gasteiger partial charge in [0.2, 0.25) is 0 Å². The van der Waals surface area contributed by atoms with Crippen LogP contribution in [0.4, 0.5) is 0 Å². The van der Waals surface area contributed by atoms with Crippen molar-refractivity contribution < 1.29 is 41.8 Å². The molecule has 3 saturated heterocycles. The fourth-order valence-electron chi connectivity index (χ4n) is 10.9. The summed E-state index contributed by atoms with van der Waals surface area (Å²) in [6, 6.07) is 12.1. The van der Waals surface area contributed by atoms with Gasteiger partial charge in [-0.25, -0.2) is 0 Å². The Morgan fingerprint density at radius 1 is 0.472 bits per heavy atom. The first-order valence-electron chi connectivity index (χ1n) is 24.9. The molecule has 6 aliphatic rings. The highest BCUT2D eigenvalue weighted by Crippen LogP contribution is 2.36. The molecular formula is C50H75Br3Cl3N7O9. The second-order valence-electron chi connectivity index (χ2n) is 18.7. The molecule has 3 aromatic rings. The van der Waals surface area contributed by atoms with Gasteiger partial charge < -0.3 is 43.4 Å². The number of hydrogen-bond acceptors (Lipinski definition) is 13. The highest BCUT2D eigenvalue weighted by Gasteiger charge is 2.41. The third-order valence-corrected chi connectivity index (χ3v) is 15.8. The van der Waals surface area contributed by atoms with Crippen molar-refractivity contribution in [1.29, 1.82) is 5.26 Å². The average Bonchev–Trinajstić information content (AvgIpc) is 4.17. The van der Waals surface area contributed by atoms with E-state index >= 15 is 0 Å². The number of morpholine rings is 3. The van der Waals surface area contributed by atoms with Crippen LogP contribution in [-0.2, 0) is 14.2 Å². The number of carbonyl (C=O) groups is 3. The van der Waals surface area contributed by atoms with E-state index in [2.05, 4.69) is 78.4 Å². The van der Waals surface area contributed by atoms with Crippen LogP contribution in [0.15, 0.2) is 63.7 Å². The highest BCUT2D eigenvalue weighted by molar-refractivity contribution is 9.10. The quantitative estimate of drug-likeness (QED) is 0.156. The first-order valence-corrected chi connectivity index (χ1v) is 27.3. The van der Waals surface area contributed by atoms with E-state index in [1.54, 1.807) is 42.5 Å². The summed E-state index contributed by atoms with van der Waals surface area (Å²) in [5.74, 6) is 0.677. The van der Waals surface area contributed by atoms with Gasteiger partial charge in [0.1, 0.15) is 0 Å². The highest BCUT2D eigenvalue weighted by atomic mass is 79.9. The Balaban J connectivity index is 0.000000272. The van der Waals surface area contributed by atoms with Crippen LogP contribution in [0, 0.1) is 11.3 Å². The first kappa shape index (κ1) is 64.1. The zero-order chi connectivity index (χ0) is 49.0. The fraction of sp³-hybridized carbons (Fsp3) is 0.680. The van der Waals surface area contributed by atoms with E-state index in [0.29, 0.717) is 50.9 Å². The molecular weight excluding hydrogens is 1190 g/mol. The van der Waals surface area contributed by atoms with Gasteiger partial charge in [-0.05, 0) is 123 Å². The minimum Gasteiger partial charge on any atom is -0.444 e. The van der Waals surface area contributed by atoms with Crippen LogP contribution in [-0.4, -0.2) is 148 Å². The number of nitrogens with one attached hydrogen (secondary N) is 3. The molecule has 0 aromatic carbocycles. The molecule has 406 valence electrons. The van der Waals surface area contributed by atoms with Crippen LogP contribution in [0.5, 0.6) is 0 Å². The summed E-state index contributed by atoms with van der Waals surface area (Å²) in [4.78, 5) is 44.3. The van der Waals surface area contributed by atoms with Gasteiger partial charge in [0.25, 0.3) is 17.7 Å². The number of nitrogens with zero attached hydrogens (tertiary/aromatic N) is 4. The second-order valence-corrected chi connectivity index (χ2v) is 21.1. The summed E-state index contributed by atoms with van der Waals surface area (Å²) in [6.45, 7) is 14.0. The van der Waals surface area contributed by atoms with Crippen LogP contribution in [0.2, 0.25) is 0 Å². The molecule has 9 rings (SSSR count). The molecule has 22 heteroatoms. The number of carbonyl (C=O) groups excluding carboxylic acids is 3. The number of halogens is 6. The third kappa shape index (κ3) is 18.8. The van der Waals surface area contributed by atoms with Crippen LogP contribution in [0.3, 0.4) is 0 Å². The third-order valence-electron chi connectivity index (χ3n) is 14.5. The van der Waals surface area contributed by atoms with E-state index in [9.17, 15) is 14.4 Å². The molecule has 0 bridgehead atoms. The van der Waals surface area contributed by atoms with E-state index in [0.717, 1.165) is 117 Å². The van der Waals surface area contributed by atoms with Crippen molar-refractivity contribution >= 4 is 103 Å². The van der Waals surface area contributed by atoms with Crippen LogP contribution in [0.1, 0.15) is 135 Å². The molecule has 0 spiro atoms. The van der Waals surface area contributed by atoms with E-state index in [4.69, 9.17) is 32.7 Å². The van der Waals surface area contributed by atoms with Gasteiger partial charge in [-0.3, -0.25) is 29.1 Å². The number of amides is 3. The van der Waals surface area contributed by atoms with Crippen molar-refractivity contribution in [3.63, 3.8) is 0 Å². The van der Waals surface area contributed by atoms with E-state index in [1.807, 2.05) is 0 Å². The van der Waals surface area contributed by atoms with Gasteiger partial charge in [-0.15, -0.1) is 37.2 Å². The van der Waals surface area contributed by atoms with Crippen LogP contribution in [0.25, 0.3) is 0 Å². The van der Waals surface area contributed by atoms with Crippen molar-refractivity contribution in [3.8, 4) is 6.07 Å². The maximum atomic E-state index is 12.3. The molecule has 0 atom stereocenters. The Labute approximate surface area is 469 Å². The second kappa shape index (κ2) is 33.1. The van der Waals surface area contributed by atoms with Crippen molar-refractivity contribution in [2.24, 2.45) is 0 Å². The Kier molecular flexibility index (Phi) is 29.4. The minimum atomic E-state index is -0.135. The monoisotopic (exact) mass is 1260 g/mol. The zero-order valence-corrected chi connectivity index (χ0v) is 48.7. The van der Waals surface area contributed by atoms with E-state index in [-0.39, 0.29) is 71.6 Å². The lowest BCUT2D eigenvalue weighted by molar-refractivity contribution is -0.0362. The lowest BCUT2D eigenvalue weighted by Crippen LogP contribution is -2.59. The molecule has 3 amide bonds. The van der Waals surface area contributed by atoms with Gasteiger partial charge in [-0.2, -0.15) is 5.26 Å². The summed E-state index contributed by atoms with van der Waals surface area (Å²) in [5, 5.41) is 16.6. The van der Waals surface area contributed by atoms with E-state index < -0.39 is 0 Å². The molecule has 3 N–H and O–H groups in total. The van der Waals surface area contributed by atoms with Gasteiger partial charge in [0.05, 0.1) is 45.7 Å². The standard InChI is InChI=1S/3C16H23BrN2O3.C2H3N.3ClH/c3*17-14-5-4-13(22-14)15(20)18-12-16(6-2-1-3-7-16)19-8-10-21-11-9-19;1-2-3;;;/h3*4-5H,1-3,6-12H2,(H,18,20);1H3;3*1H.